The van der Waals surface area contributed by atoms with Crippen LogP contribution in [0.3, 0.4) is 0 Å². The van der Waals surface area contributed by atoms with Gasteiger partial charge >= 0.3 is 0 Å². The first kappa shape index (κ1) is 21.9. The molecule has 0 amide bonds. The molecule has 0 atom stereocenters. The zero-order valence-corrected chi connectivity index (χ0v) is 17.5. The number of hydrogen-bond acceptors (Lipinski definition) is 7. The monoisotopic (exact) mass is 440 g/mol. The predicted octanol–water partition coefficient (Wildman–Crippen LogP) is 3.23. The van der Waals surface area contributed by atoms with Gasteiger partial charge in [0.15, 0.2) is 0 Å². The molecular formula is C21H20N4O5S. The average molecular weight is 440 g/mol. The number of pyridine rings is 1. The summed E-state index contributed by atoms with van der Waals surface area (Å²) in [6.45, 7) is 2.19. The summed E-state index contributed by atoms with van der Waals surface area (Å²) >= 11 is 0. The molecular weight excluding hydrogens is 420 g/mol. The van der Waals surface area contributed by atoms with Gasteiger partial charge in [0.1, 0.15) is 5.75 Å². The highest BCUT2D eigenvalue weighted by molar-refractivity contribution is 7.89. The summed E-state index contributed by atoms with van der Waals surface area (Å²) < 4.78 is 30.3. The Hall–Kier alpha value is -3.79. The molecule has 0 spiro atoms. The van der Waals surface area contributed by atoms with Crippen LogP contribution >= 0.6 is 0 Å². The van der Waals surface area contributed by atoms with Crippen molar-refractivity contribution in [2.24, 2.45) is 5.10 Å². The Balaban J connectivity index is 1.71. The van der Waals surface area contributed by atoms with Crippen LogP contribution in [0.1, 0.15) is 16.7 Å². The van der Waals surface area contributed by atoms with Gasteiger partial charge in [0.05, 0.1) is 28.2 Å². The van der Waals surface area contributed by atoms with Gasteiger partial charge in [-0.2, -0.15) is 13.5 Å². The Morgan fingerprint density at radius 2 is 1.97 bits per heavy atom. The lowest BCUT2D eigenvalue weighted by atomic mass is 10.2. The third kappa shape index (κ3) is 6.09. The minimum atomic E-state index is -3.89. The van der Waals surface area contributed by atoms with Crippen molar-refractivity contribution in [1.29, 1.82) is 0 Å². The number of nitrogens with zero attached hydrogens (tertiary/aromatic N) is 3. The van der Waals surface area contributed by atoms with Gasteiger partial charge in [0, 0.05) is 24.9 Å². The lowest BCUT2D eigenvalue weighted by molar-refractivity contribution is -0.385. The Labute approximate surface area is 179 Å². The number of ether oxygens (including phenoxy) is 1. The molecule has 3 aromatic rings. The molecule has 160 valence electrons. The van der Waals surface area contributed by atoms with E-state index in [9.17, 15) is 18.5 Å². The van der Waals surface area contributed by atoms with E-state index in [4.69, 9.17) is 4.74 Å². The van der Waals surface area contributed by atoms with E-state index in [2.05, 4.69) is 14.9 Å². The predicted molar refractivity (Wildman–Crippen MR) is 116 cm³/mol. The van der Waals surface area contributed by atoms with Crippen LogP contribution in [0.5, 0.6) is 5.75 Å². The van der Waals surface area contributed by atoms with Crippen LogP contribution < -0.4 is 9.57 Å². The van der Waals surface area contributed by atoms with Crippen molar-refractivity contribution >= 4 is 21.9 Å². The molecule has 0 unspecified atom stereocenters. The van der Waals surface area contributed by atoms with Crippen LogP contribution in [0.25, 0.3) is 0 Å². The smallest absolute Gasteiger partial charge is 0.278 e. The minimum absolute atomic E-state index is 0.0391. The van der Waals surface area contributed by atoms with Crippen molar-refractivity contribution in [3.05, 3.63) is 93.8 Å². The van der Waals surface area contributed by atoms with E-state index in [-0.39, 0.29) is 16.1 Å². The van der Waals surface area contributed by atoms with Crippen LogP contribution in [0.15, 0.2) is 77.0 Å². The van der Waals surface area contributed by atoms with Gasteiger partial charge in [0.2, 0.25) is 0 Å². The summed E-state index contributed by atoms with van der Waals surface area (Å²) in [5.41, 5.74) is 1.79. The van der Waals surface area contributed by atoms with Crippen LogP contribution in [0.2, 0.25) is 0 Å². The number of sulfonamides is 1. The maximum absolute atomic E-state index is 12.3. The molecule has 31 heavy (non-hydrogen) atoms. The molecule has 10 heteroatoms. The first-order valence-electron chi connectivity index (χ1n) is 9.27. The molecule has 0 saturated heterocycles. The summed E-state index contributed by atoms with van der Waals surface area (Å²) in [6.07, 6.45) is 5.11. The van der Waals surface area contributed by atoms with E-state index >= 15 is 0 Å². The maximum atomic E-state index is 12.3. The summed E-state index contributed by atoms with van der Waals surface area (Å²) in [7, 11) is -3.89. The highest BCUT2D eigenvalue weighted by Crippen LogP contribution is 2.23. The van der Waals surface area contributed by atoms with Crippen molar-refractivity contribution in [2.75, 3.05) is 6.61 Å². The summed E-state index contributed by atoms with van der Waals surface area (Å²) in [5, 5.41) is 15.0. The van der Waals surface area contributed by atoms with Crippen molar-refractivity contribution in [3.63, 3.8) is 0 Å². The number of hydrazone groups is 1. The number of benzene rings is 2. The SMILES string of the molecule is Cc1ccc(S(=O)(=O)NN=Cc2cc(OCCc3cccnc3)ccc2[N+](=O)[O-])cc1. The Bertz CT molecular complexity index is 1180. The zero-order chi connectivity index (χ0) is 22.3. The molecule has 1 aromatic heterocycles. The van der Waals surface area contributed by atoms with Crippen LogP contribution in [-0.4, -0.2) is 31.1 Å². The second kappa shape index (κ2) is 9.81. The Kier molecular flexibility index (Phi) is 6.93. The number of hydrogen-bond donors (Lipinski definition) is 1. The number of nitro benzene ring substituents is 1. The van der Waals surface area contributed by atoms with Crippen LogP contribution in [-0.2, 0) is 16.4 Å². The van der Waals surface area contributed by atoms with Crippen molar-refractivity contribution < 1.29 is 18.1 Å². The molecule has 0 aliphatic carbocycles. The maximum Gasteiger partial charge on any atom is 0.278 e. The Morgan fingerprint density at radius 3 is 2.65 bits per heavy atom. The highest BCUT2D eigenvalue weighted by atomic mass is 32.2. The van der Waals surface area contributed by atoms with Gasteiger partial charge in [0.25, 0.3) is 15.7 Å². The summed E-state index contributed by atoms with van der Waals surface area (Å²) in [5.74, 6) is 0.400. The molecule has 0 aliphatic heterocycles. The number of aryl methyl sites for hydroxylation is 1. The van der Waals surface area contributed by atoms with Gasteiger partial charge in [-0.25, -0.2) is 4.83 Å². The molecule has 0 aliphatic rings. The van der Waals surface area contributed by atoms with E-state index in [1.165, 1.54) is 30.3 Å². The van der Waals surface area contributed by atoms with E-state index in [1.54, 1.807) is 24.5 Å². The van der Waals surface area contributed by atoms with Crippen molar-refractivity contribution in [1.82, 2.24) is 9.82 Å². The fourth-order valence-corrected chi connectivity index (χ4v) is 3.45. The molecule has 2 aromatic carbocycles. The van der Waals surface area contributed by atoms with Crippen LogP contribution in [0, 0.1) is 17.0 Å². The second-order valence-electron chi connectivity index (χ2n) is 6.60. The number of nitrogens with one attached hydrogen (secondary N) is 1. The summed E-state index contributed by atoms with van der Waals surface area (Å²) in [6, 6.07) is 14.2. The second-order valence-corrected chi connectivity index (χ2v) is 8.26. The molecule has 0 bridgehead atoms. The Morgan fingerprint density at radius 1 is 1.19 bits per heavy atom. The van der Waals surface area contributed by atoms with Gasteiger partial charge in [-0.3, -0.25) is 15.1 Å². The fourth-order valence-electron chi connectivity index (χ4n) is 2.66. The third-order valence-corrected chi connectivity index (χ3v) is 5.52. The molecule has 9 nitrogen and oxygen atoms in total. The van der Waals surface area contributed by atoms with E-state index in [1.807, 2.05) is 19.1 Å². The van der Waals surface area contributed by atoms with Gasteiger partial charge in [-0.05, 0) is 42.8 Å². The van der Waals surface area contributed by atoms with Gasteiger partial charge in [-0.1, -0.05) is 23.8 Å². The van der Waals surface area contributed by atoms with Gasteiger partial charge in [-0.15, -0.1) is 0 Å². The number of aromatic nitrogens is 1. The van der Waals surface area contributed by atoms with Gasteiger partial charge < -0.3 is 4.74 Å². The van der Waals surface area contributed by atoms with Crippen LogP contribution in [0.4, 0.5) is 5.69 Å². The van der Waals surface area contributed by atoms with E-state index < -0.39 is 14.9 Å². The normalized spacial score (nSPS) is 11.4. The first-order valence-corrected chi connectivity index (χ1v) is 10.8. The van der Waals surface area contributed by atoms with E-state index in [0.29, 0.717) is 18.8 Å². The quantitative estimate of drug-likeness (QED) is 0.309. The lowest BCUT2D eigenvalue weighted by Crippen LogP contribution is -2.18. The molecule has 3 rings (SSSR count). The first-order chi connectivity index (χ1) is 14.8. The zero-order valence-electron chi connectivity index (χ0n) is 16.6. The molecule has 1 N–H and O–H groups in total. The standard InChI is InChI=1S/C21H20N4O5S/c1-16-4-7-20(8-5-16)31(28,29)24-23-15-18-13-19(6-9-21(18)25(26)27)30-12-10-17-3-2-11-22-14-17/h2-9,11,13-15,24H,10,12H2,1H3. The third-order valence-electron chi connectivity index (χ3n) is 4.29. The highest BCUT2D eigenvalue weighted by Gasteiger charge is 2.15. The topological polar surface area (TPSA) is 124 Å². The number of rotatable bonds is 9. The molecule has 1 heterocycles. The molecule has 0 radical (unpaired) electrons. The molecule has 0 saturated carbocycles. The minimum Gasteiger partial charge on any atom is -0.493 e. The average Bonchev–Trinajstić information content (AvgIpc) is 2.75. The summed E-state index contributed by atoms with van der Waals surface area (Å²) in [4.78, 5) is 16.9. The number of nitro groups is 1. The van der Waals surface area contributed by atoms with Crippen molar-refractivity contribution in [2.45, 2.75) is 18.2 Å². The lowest BCUT2D eigenvalue weighted by Gasteiger charge is -2.07. The molecule has 0 fully saturated rings. The largest absolute Gasteiger partial charge is 0.493 e. The van der Waals surface area contributed by atoms with E-state index in [0.717, 1.165) is 17.3 Å². The van der Waals surface area contributed by atoms with Crippen molar-refractivity contribution in [3.8, 4) is 5.75 Å². The fraction of sp³-hybridized carbons (Fsp3) is 0.143.